The van der Waals surface area contributed by atoms with Crippen LogP contribution in [-0.2, 0) is 17.5 Å². The molecule has 0 atom stereocenters. The second-order valence-electron chi connectivity index (χ2n) is 11.4. The standard InChI is InChI=1S/C31H35F3N6O4S/c1-18(2)13-21-5-4-10-40(21)17-25-27(20-6-7-24(44-3)22(14-20)31(32,33)34)37-30(45-25)38-28(41)23-15-36-26(16-35-23)39-11-8-19(9-12-39)29(42)43/h6-7,13-16,18-19H,4-5,8-12,17H2,1-3H3,(H,42,43)(H,37,38,41)/b21-13+. The molecule has 240 valence electrons. The first-order chi connectivity index (χ1) is 21.4. The van der Waals surface area contributed by atoms with Crippen molar-refractivity contribution in [2.75, 3.05) is 37.0 Å². The van der Waals surface area contributed by atoms with Crippen molar-refractivity contribution in [1.82, 2.24) is 19.9 Å². The van der Waals surface area contributed by atoms with Crippen LogP contribution >= 0.6 is 11.3 Å². The van der Waals surface area contributed by atoms with Gasteiger partial charge in [0, 0.05) is 30.9 Å². The second kappa shape index (κ2) is 13.4. The molecule has 3 aromatic rings. The Bertz CT molecular complexity index is 1570. The summed E-state index contributed by atoms with van der Waals surface area (Å²) in [5, 5.41) is 12.2. The average Bonchev–Trinajstić information content (AvgIpc) is 3.62. The van der Waals surface area contributed by atoms with Gasteiger partial charge in [-0.25, -0.2) is 15.0 Å². The van der Waals surface area contributed by atoms with Crippen LogP contribution in [0.3, 0.4) is 0 Å². The number of piperidine rings is 1. The quantitative estimate of drug-likeness (QED) is 0.276. The van der Waals surface area contributed by atoms with Crippen molar-refractivity contribution < 1.29 is 32.6 Å². The summed E-state index contributed by atoms with van der Waals surface area (Å²) in [6.45, 7) is 6.48. The number of carboxylic acids is 1. The first-order valence-corrected chi connectivity index (χ1v) is 15.6. The molecule has 1 aromatic carbocycles. The monoisotopic (exact) mass is 644 g/mol. The van der Waals surface area contributed by atoms with Gasteiger partial charge in [-0.3, -0.25) is 14.9 Å². The van der Waals surface area contributed by atoms with Crippen molar-refractivity contribution >= 4 is 34.2 Å². The molecule has 45 heavy (non-hydrogen) atoms. The van der Waals surface area contributed by atoms with Gasteiger partial charge in [0.1, 0.15) is 17.3 Å². The highest BCUT2D eigenvalue weighted by Crippen LogP contribution is 2.41. The number of aliphatic carboxylic acids is 1. The Labute approximate surface area is 263 Å². The zero-order valence-electron chi connectivity index (χ0n) is 25.2. The lowest BCUT2D eigenvalue weighted by molar-refractivity contribution is -0.142. The minimum absolute atomic E-state index is 0.0444. The number of alkyl halides is 3. The summed E-state index contributed by atoms with van der Waals surface area (Å²) in [5.41, 5.74) is 0.937. The Balaban J connectivity index is 1.40. The van der Waals surface area contributed by atoms with Gasteiger partial charge in [-0.1, -0.05) is 31.3 Å². The predicted molar refractivity (Wildman–Crippen MR) is 164 cm³/mol. The lowest BCUT2D eigenvalue weighted by Gasteiger charge is -2.30. The molecule has 4 heterocycles. The lowest BCUT2D eigenvalue weighted by Crippen LogP contribution is -2.36. The number of thiazole rings is 1. The van der Waals surface area contributed by atoms with Crippen molar-refractivity contribution in [3.05, 3.63) is 58.5 Å². The SMILES string of the molecule is COc1ccc(-c2nc(NC(=O)c3cnc(N4CCC(C(=O)O)CC4)cn3)sc2CN2CCC/C2=C\C(C)C)cc1C(F)(F)F. The summed E-state index contributed by atoms with van der Waals surface area (Å²) in [6.07, 6.45) is 3.27. The van der Waals surface area contributed by atoms with Crippen LogP contribution in [0, 0.1) is 11.8 Å². The molecule has 2 aliphatic heterocycles. The number of amides is 1. The van der Waals surface area contributed by atoms with Gasteiger partial charge in [-0.15, -0.1) is 0 Å². The van der Waals surface area contributed by atoms with Crippen LogP contribution in [-0.4, -0.2) is 63.6 Å². The molecule has 2 N–H and O–H groups in total. The number of anilines is 2. The van der Waals surface area contributed by atoms with Gasteiger partial charge < -0.3 is 19.6 Å². The molecule has 2 fully saturated rings. The number of halogens is 3. The largest absolute Gasteiger partial charge is 0.496 e. The maximum Gasteiger partial charge on any atom is 0.419 e. The molecule has 2 saturated heterocycles. The number of rotatable bonds is 9. The summed E-state index contributed by atoms with van der Waals surface area (Å²) < 4.78 is 46.6. The lowest BCUT2D eigenvalue weighted by atomic mass is 9.97. The van der Waals surface area contributed by atoms with Crippen LogP contribution < -0.4 is 15.0 Å². The molecule has 0 bridgehead atoms. The van der Waals surface area contributed by atoms with Crippen molar-refractivity contribution in [3.8, 4) is 17.0 Å². The number of likely N-dealkylation sites (tertiary alicyclic amines) is 1. The van der Waals surface area contributed by atoms with Crippen LogP contribution in [0.5, 0.6) is 5.75 Å². The molecule has 2 aromatic heterocycles. The van der Waals surface area contributed by atoms with E-state index in [1.807, 2.05) is 4.90 Å². The molecule has 10 nitrogen and oxygen atoms in total. The number of hydrogen-bond acceptors (Lipinski definition) is 9. The minimum atomic E-state index is -4.63. The molecule has 5 rings (SSSR count). The minimum Gasteiger partial charge on any atom is -0.496 e. The van der Waals surface area contributed by atoms with E-state index in [9.17, 15) is 27.9 Å². The van der Waals surface area contributed by atoms with Crippen LogP contribution in [0.15, 0.2) is 42.4 Å². The number of aromatic nitrogens is 3. The van der Waals surface area contributed by atoms with Crippen LogP contribution in [0.25, 0.3) is 11.3 Å². The van der Waals surface area contributed by atoms with Crippen LogP contribution in [0.4, 0.5) is 24.1 Å². The molecule has 0 radical (unpaired) electrons. The third kappa shape index (κ3) is 7.55. The van der Waals surface area contributed by atoms with Gasteiger partial charge in [0.25, 0.3) is 5.91 Å². The van der Waals surface area contributed by atoms with Gasteiger partial charge in [0.05, 0.1) is 48.1 Å². The number of carbonyl (C=O) groups is 2. The van der Waals surface area contributed by atoms with Crippen molar-refractivity contribution in [2.24, 2.45) is 11.8 Å². The van der Waals surface area contributed by atoms with E-state index in [0.29, 0.717) is 54.8 Å². The van der Waals surface area contributed by atoms with Gasteiger partial charge >= 0.3 is 12.1 Å². The van der Waals surface area contributed by atoms with E-state index < -0.39 is 23.6 Å². The Hall–Kier alpha value is -4.20. The van der Waals surface area contributed by atoms with Crippen LogP contribution in [0.1, 0.15) is 60.5 Å². The first kappa shape index (κ1) is 32.2. The second-order valence-corrected chi connectivity index (χ2v) is 12.5. The molecular weight excluding hydrogens is 609 g/mol. The zero-order valence-corrected chi connectivity index (χ0v) is 26.0. The van der Waals surface area contributed by atoms with Gasteiger partial charge in [-0.2, -0.15) is 13.2 Å². The summed E-state index contributed by atoms with van der Waals surface area (Å²) in [4.78, 5) is 42.5. The Kier molecular flexibility index (Phi) is 9.61. The van der Waals surface area contributed by atoms with Gasteiger partial charge in [0.15, 0.2) is 5.13 Å². The molecule has 0 unspecified atom stereocenters. The topological polar surface area (TPSA) is 121 Å². The van der Waals surface area contributed by atoms with Gasteiger partial charge in [-0.05, 0) is 49.8 Å². The number of carbonyl (C=O) groups excluding carboxylic acids is 1. The number of nitrogens with one attached hydrogen (secondary N) is 1. The third-order valence-corrected chi connectivity index (χ3v) is 8.82. The molecule has 14 heteroatoms. The maximum atomic E-state index is 13.9. The highest BCUT2D eigenvalue weighted by Gasteiger charge is 2.35. The fourth-order valence-electron chi connectivity index (χ4n) is 5.61. The number of ether oxygens (including phenoxy) is 1. The number of carboxylic acid groups (broad SMARTS) is 1. The number of benzene rings is 1. The zero-order chi connectivity index (χ0) is 32.3. The van der Waals surface area contributed by atoms with E-state index in [4.69, 9.17) is 4.74 Å². The van der Waals surface area contributed by atoms with E-state index in [1.54, 1.807) is 0 Å². The number of methoxy groups -OCH3 is 1. The highest BCUT2D eigenvalue weighted by atomic mass is 32.1. The number of hydrogen-bond donors (Lipinski definition) is 2. The molecule has 0 spiro atoms. The molecule has 0 aliphatic carbocycles. The molecule has 2 aliphatic rings. The van der Waals surface area contributed by atoms with Gasteiger partial charge in [0.2, 0.25) is 0 Å². The average molecular weight is 645 g/mol. The number of allylic oxidation sites excluding steroid dienone is 2. The van der Waals surface area contributed by atoms with Crippen molar-refractivity contribution in [3.63, 3.8) is 0 Å². The molecule has 0 saturated carbocycles. The van der Waals surface area contributed by atoms with Crippen molar-refractivity contribution in [1.29, 1.82) is 0 Å². The van der Waals surface area contributed by atoms with E-state index in [0.717, 1.165) is 25.5 Å². The van der Waals surface area contributed by atoms with Crippen LogP contribution in [0.2, 0.25) is 0 Å². The summed E-state index contributed by atoms with van der Waals surface area (Å²) in [6, 6.07) is 3.85. The third-order valence-electron chi connectivity index (χ3n) is 7.86. The molecular formula is C31H35F3N6O4S. The first-order valence-electron chi connectivity index (χ1n) is 14.7. The molecule has 1 amide bonds. The Morgan fingerprint density at radius 2 is 1.93 bits per heavy atom. The number of nitrogens with zero attached hydrogens (tertiary/aromatic N) is 5. The van der Waals surface area contributed by atoms with E-state index >= 15 is 0 Å². The van der Waals surface area contributed by atoms with Crippen molar-refractivity contribution in [2.45, 2.75) is 52.3 Å². The summed E-state index contributed by atoms with van der Waals surface area (Å²) >= 11 is 1.21. The normalized spacial score (nSPS) is 16.9. The summed E-state index contributed by atoms with van der Waals surface area (Å²) in [7, 11) is 1.19. The smallest absolute Gasteiger partial charge is 0.419 e. The Morgan fingerprint density at radius 1 is 1.18 bits per heavy atom. The maximum absolute atomic E-state index is 13.9. The predicted octanol–water partition coefficient (Wildman–Crippen LogP) is 6.32. The Morgan fingerprint density at radius 3 is 2.56 bits per heavy atom. The summed E-state index contributed by atoms with van der Waals surface area (Å²) in [5.74, 6) is -1.14. The fourth-order valence-corrected chi connectivity index (χ4v) is 6.61. The fraction of sp³-hybridized carbons (Fsp3) is 0.452. The van der Waals surface area contributed by atoms with E-state index in [2.05, 4.69) is 45.1 Å². The van der Waals surface area contributed by atoms with E-state index in [1.165, 1.54) is 48.7 Å². The van der Waals surface area contributed by atoms with E-state index in [-0.39, 0.29) is 28.1 Å². The highest BCUT2D eigenvalue weighted by molar-refractivity contribution is 7.16.